The molecule has 0 fully saturated rings. The van der Waals surface area contributed by atoms with Gasteiger partial charge in [-0.2, -0.15) is 4.39 Å². The summed E-state index contributed by atoms with van der Waals surface area (Å²) >= 11 is 0. The highest BCUT2D eigenvalue weighted by Crippen LogP contribution is 2.18. The van der Waals surface area contributed by atoms with Crippen LogP contribution in [-0.4, -0.2) is 18.6 Å². The third-order valence-electron chi connectivity index (χ3n) is 1.80. The first-order valence-corrected chi connectivity index (χ1v) is 4.72. The van der Waals surface area contributed by atoms with Crippen LogP contribution in [0.5, 0.6) is 0 Å². The number of hydrogen-bond donors (Lipinski definition) is 0. The fourth-order valence-electron chi connectivity index (χ4n) is 1.40. The van der Waals surface area contributed by atoms with E-state index >= 15 is 0 Å². The maximum Gasteiger partial charge on any atom is 0.214 e. The molecule has 0 aliphatic rings. The minimum absolute atomic E-state index is 0.183. The topological polar surface area (TPSA) is 16.1 Å². The minimum atomic E-state index is -0.428. The second kappa shape index (κ2) is 3.95. The second-order valence-electron chi connectivity index (χ2n) is 4.74. The van der Waals surface area contributed by atoms with Gasteiger partial charge in [0, 0.05) is 13.6 Å². The Hall–Kier alpha value is -1.12. The van der Waals surface area contributed by atoms with Gasteiger partial charge in [-0.05, 0) is 17.5 Å². The van der Waals surface area contributed by atoms with Crippen LogP contribution >= 0.6 is 0 Å². The van der Waals surface area contributed by atoms with Gasteiger partial charge in [-0.3, -0.25) is 0 Å². The SMILES string of the molecule is CN(CC(C)(C)C)c1cccc(F)n1. The Kier molecular flexibility index (Phi) is 3.09. The van der Waals surface area contributed by atoms with Crippen molar-refractivity contribution in [3.63, 3.8) is 0 Å². The third kappa shape index (κ3) is 3.32. The van der Waals surface area contributed by atoms with E-state index in [0.29, 0.717) is 5.82 Å². The summed E-state index contributed by atoms with van der Waals surface area (Å²) in [5.74, 6) is 0.253. The molecule has 0 bridgehead atoms. The number of hydrogen-bond acceptors (Lipinski definition) is 2. The van der Waals surface area contributed by atoms with Gasteiger partial charge in [0.1, 0.15) is 5.82 Å². The van der Waals surface area contributed by atoms with Crippen molar-refractivity contribution in [2.75, 3.05) is 18.5 Å². The summed E-state index contributed by atoms with van der Waals surface area (Å²) in [6, 6.07) is 4.85. The number of pyridine rings is 1. The molecular weight excluding hydrogens is 179 g/mol. The van der Waals surface area contributed by atoms with Crippen LogP contribution in [0, 0.1) is 11.4 Å². The molecule has 3 heteroatoms. The summed E-state index contributed by atoms with van der Waals surface area (Å²) in [6.07, 6.45) is 0. The zero-order chi connectivity index (χ0) is 10.8. The molecule has 0 amide bonds. The maximum atomic E-state index is 12.8. The van der Waals surface area contributed by atoms with Crippen LogP contribution in [0.3, 0.4) is 0 Å². The van der Waals surface area contributed by atoms with Crippen LogP contribution in [0.15, 0.2) is 18.2 Å². The van der Waals surface area contributed by atoms with Gasteiger partial charge >= 0.3 is 0 Å². The smallest absolute Gasteiger partial charge is 0.214 e. The van der Waals surface area contributed by atoms with E-state index in [1.807, 2.05) is 18.0 Å². The first kappa shape index (κ1) is 11.0. The fraction of sp³-hybridized carbons (Fsp3) is 0.545. The molecule has 0 radical (unpaired) electrons. The summed E-state index contributed by atoms with van der Waals surface area (Å²) in [4.78, 5) is 5.78. The minimum Gasteiger partial charge on any atom is -0.359 e. The largest absolute Gasteiger partial charge is 0.359 e. The lowest BCUT2D eigenvalue weighted by Crippen LogP contribution is -2.29. The molecule has 1 heterocycles. The van der Waals surface area contributed by atoms with Crippen molar-refractivity contribution in [1.82, 2.24) is 4.98 Å². The molecule has 0 aromatic carbocycles. The molecule has 0 atom stereocenters. The normalized spacial score (nSPS) is 11.5. The Morgan fingerprint density at radius 3 is 2.50 bits per heavy atom. The van der Waals surface area contributed by atoms with Crippen LogP contribution in [0.4, 0.5) is 10.2 Å². The molecular formula is C11H17FN2. The lowest BCUT2D eigenvalue weighted by atomic mass is 9.96. The first-order chi connectivity index (χ1) is 6.38. The van der Waals surface area contributed by atoms with Gasteiger partial charge in [0.2, 0.25) is 5.95 Å². The van der Waals surface area contributed by atoms with Gasteiger partial charge in [0.05, 0.1) is 0 Å². The van der Waals surface area contributed by atoms with Crippen LogP contribution in [0.1, 0.15) is 20.8 Å². The second-order valence-corrected chi connectivity index (χ2v) is 4.74. The molecule has 0 spiro atoms. The summed E-state index contributed by atoms with van der Waals surface area (Å²) < 4.78 is 12.8. The van der Waals surface area contributed by atoms with E-state index in [4.69, 9.17) is 0 Å². The number of rotatable bonds is 2. The molecule has 0 saturated carbocycles. The van der Waals surface area contributed by atoms with Crippen molar-refractivity contribution in [3.8, 4) is 0 Å². The summed E-state index contributed by atoms with van der Waals surface area (Å²) in [7, 11) is 1.92. The maximum absolute atomic E-state index is 12.8. The highest BCUT2D eigenvalue weighted by atomic mass is 19.1. The Balaban J connectivity index is 2.74. The van der Waals surface area contributed by atoms with Crippen molar-refractivity contribution < 1.29 is 4.39 Å². The molecule has 1 aromatic rings. The van der Waals surface area contributed by atoms with Gasteiger partial charge < -0.3 is 4.90 Å². The Morgan fingerprint density at radius 2 is 2.00 bits per heavy atom. The molecule has 0 aliphatic heterocycles. The number of aromatic nitrogens is 1. The van der Waals surface area contributed by atoms with Gasteiger partial charge in [0.25, 0.3) is 0 Å². The monoisotopic (exact) mass is 196 g/mol. The van der Waals surface area contributed by atoms with E-state index < -0.39 is 5.95 Å². The fourth-order valence-corrected chi connectivity index (χ4v) is 1.40. The summed E-state index contributed by atoms with van der Waals surface area (Å²) in [6.45, 7) is 7.28. The lowest BCUT2D eigenvalue weighted by Gasteiger charge is -2.27. The van der Waals surface area contributed by atoms with E-state index in [0.717, 1.165) is 6.54 Å². The van der Waals surface area contributed by atoms with Crippen LogP contribution in [0.2, 0.25) is 0 Å². The number of anilines is 1. The number of halogens is 1. The van der Waals surface area contributed by atoms with Gasteiger partial charge in [-0.25, -0.2) is 4.98 Å². The van der Waals surface area contributed by atoms with Crippen molar-refractivity contribution in [2.45, 2.75) is 20.8 Å². The van der Waals surface area contributed by atoms with Crippen LogP contribution in [-0.2, 0) is 0 Å². The van der Waals surface area contributed by atoms with Gasteiger partial charge in [-0.15, -0.1) is 0 Å². The van der Waals surface area contributed by atoms with E-state index in [-0.39, 0.29) is 5.41 Å². The summed E-state index contributed by atoms with van der Waals surface area (Å²) in [5.41, 5.74) is 0.183. The Morgan fingerprint density at radius 1 is 1.36 bits per heavy atom. The van der Waals surface area contributed by atoms with E-state index in [2.05, 4.69) is 25.8 Å². The molecule has 14 heavy (non-hydrogen) atoms. The first-order valence-electron chi connectivity index (χ1n) is 4.72. The standard InChI is InChI=1S/C11H17FN2/c1-11(2,3)8-14(4)10-7-5-6-9(12)13-10/h5-7H,8H2,1-4H3. The predicted molar refractivity (Wildman–Crippen MR) is 56.9 cm³/mol. The average Bonchev–Trinajstić information content (AvgIpc) is 2.01. The van der Waals surface area contributed by atoms with Crippen molar-refractivity contribution >= 4 is 5.82 Å². The van der Waals surface area contributed by atoms with Crippen LogP contribution < -0.4 is 4.90 Å². The van der Waals surface area contributed by atoms with Crippen molar-refractivity contribution in [2.24, 2.45) is 5.41 Å². The molecule has 1 rings (SSSR count). The lowest BCUT2D eigenvalue weighted by molar-refractivity contribution is 0.417. The Labute approximate surface area is 84.8 Å². The summed E-state index contributed by atoms with van der Waals surface area (Å²) in [5, 5.41) is 0. The molecule has 78 valence electrons. The number of nitrogens with zero attached hydrogens (tertiary/aromatic N) is 2. The van der Waals surface area contributed by atoms with Gasteiger partial charge in [0.15, 0.2) is 0 Å². The molecule has 2 nitrogen and oxygen atoms in total. The molecule has 0 N–H and O–H groups in total. The van der Waals surface area contributed by atoms with E-state index in [1.54, 1.807) is 6.07 Å². The highest BCUT2D eigenvalue weighted by molar-refractivity contribution is 5.36. The molecule has 0 aliphatic carbocycles. The van der Waals surface area contributed by atoms with Gasteiger partial charge in [-0.1, -0.05) is 26.8 Å². The van der Waals surface area contributed by atoms with Crippen LogP contribution in [0.25, 0.3) is 0 Å². The zero-order valence-electron chi connectivity index (χ0n) is 9.21. The molecule has 0 saturated heterocycles. The average molecular weight is 196 g/mol. The zero-order valence-corrected chi connectivity index (χ0v) is 9.21. The predicted octanol–water partition coefficient (Wildman–Crippen LogP) is 2.70. The van der Waals surface area contributed by atoms with Crippen molar-refractivity contribution in [3.05, 3.63) is 24.1 Å². The van der Waals surface area contributed by atoms with E-state index in [1.165, 1.54) is 6.07 Å². The quantitative estimate of drug-likeness (QED) is 0.676. The Bertz CT molecular complexity index is 304. The molecule has 1 aromatic heterocycles. The molecule has 0 unspecified atom stereocenters. The third-order valence-corrected chi connectivity index (χ3v) is 1.80. The van der Waals surface area contributed by atoms with Crippen molar-refractivity contribution in [1.29, 1.82) is 0 Å². The highest BCUT2D eigenvalue weighted by Gasteiger charge is 2.14. The van der Waals surface area contributed by atoms with E-state index in [9.17, 15) is 4.39 Å².